The lowest BCUT2D eigenvalue weighted by Gasteiger charge is -2.23. The molecule has 1 rings (SSSR count). The lowest BCUT2D eigenvalue weighted by molar-refractivity contribution is -0.142. The van der Waals surface area contributed by atoms with Crippen molar-refractivity contribution in [2.24, 2.45) is 0 Å². The highest BCUT2D eigenvalue weighted by molar-refractivity contribution is 8.26. The Morgan fingerprint density at radius 1 is 1.00 bits per heavy atom. The molecule has 1 heterocycles. The number of imide groups is 1. The minimum absolute atomic E-state index is 0.0165. The zero-order valence-corrected chi connectivity index (χ0v) is 14.2. The fourth-order valence-corrected chi connectivity index (χ4v) is 3.59. The summed E-state index contributed by atoms with van der Waals surface area (Å²) in [5, 5.41) is 0. The van der Waals surface area contributed by atoms with Crippen LogP contribution in [0.3, 0.4) is 0 Å². The molecule has 0 atom stereocenters. The third kappa shape index (κ3) is 2.62. The van der Waals surface area contributed by atoms with Crippen LogP contribution in [-0.4, -0.2) is 37.3 Å². The van der Waals surface area contributed by atoms with Crippen molar-refractivity contribution in [3.63, 3.8) is 0 Å². The first-order valence-corrected chi connectivity index (χ1v) is 7.39. The van der Waals surface area contributed by atoms with Gasteiger partial charge in [-0.1, -0.05) is 43.7 Å². The molecule has 0 bridgehead atoms. The number of carbonyl (C=O) groups excluding carboxylic acids is 4. The van der Waals surface area contributed by atoms with E-state index in [-0.39, 0.29) is 21.0 Å². The van der Waals surface area contributed by atoms with Gasteiger partial charge in [-0.2, -0.15) is 0 Å². The van der Waals surface area contributed by atoms with Gasteiger partial charge in [0.1, 0.15) is 0 Å². The summed E-state index contributed by atoms with van der Waals surface area (Å²) in [4.78, 5) is 50.4. The molecule has 0 spiro atoms. The van der Waals surface area contributed by atoms with E-state index in [9.17, 15) is 19.2 Å². The second-order valence-corrected chi connectivity index (χ2v) is 6.84. The number of nitrogens with zero attached hydrogens (tertiary/aromatic N) is 1. The number of thiocarbonyl (C=S) groups is 1. The minimum Gasteiger partial charge on any atom is -0.292 e. The van der Waals surface area contributed by atoms with Gasteiger partial charge in [-0.15, -0.1) is 0 Å². The summed E-state index contributed by atoms with van der Waals surface area (Å²) < 4.78 is -2.32. The normalized spacial score (nSPS) is 16.4. The van der Waals surface area contributed by atoms with Crippen molar-refractivity contribution in [2.75, 3.05) is 0 Å². The van der Waals surface area contributed by atoms with Crippen molar-refractivity contribution in [2.45, 2.75) is 25.5 Å². The van der Waals surface area contributed by atoms with Gasteiger partial charge in [-0.3, -0.25) is 19.2 Å². The Kier molecular flexibility index (Phi) is 5.04. The molecule has 22 heavy (non-hydrogen) atoms. The monoisotopic (exact) mass is 337 g/mol. The van der Waals surface area contributed by atoms with Crippen LogP contribution in [0.4, 0.5) is 0 Å². The molecule has 0 aromatic rings. The molecule has 2 amide bonds. The summed E-state index contributed by atoms with van der Waals surface area (Å²) in [5.74, 6) is -3.30. The van der Waals surface area contributed by atoms with Gasteiger partial charge in [0.2, 0.25) is 4.75 Å². The first-order valence-electron chi connectivity index (χ1n) is 6.16. The van der Waals surface area contributed by atoms with Crippen molar-refractivity contribution in [3.8, 4) is 0 Å². The molecule has 0 saturated carbocycles. The molecular weight excluding hydrogens is 322 g/mol. The summed E-state index contributed by atoms with van der Waals surface area (Å²) in [5.41, 5.74) is 0.100. The lowest BCUT2D eigenvalue weighted by atomic mass is 9.89. The van der Waals surface area contributed by atoms with Crippen LogP contribution in [-0.2, 0) is 19.2 Å². The van der Waals surface area contributed by atoms with Crippen LogP contribution >= 0.6 is 24.0 Å². The molecule has 0 aromatic heterocycles. The third-order valence-electron chi connectivity index (χ3n) is 2.91. The maximum atomic E-state index is 12.7. The average Bonchev–Trinajstić information content (AvgIpc) is 2.68. The highest BCUT2D eigenvalue weighted by Crippen LogP contribution is 2.42. The van der Waals surface area contributed by atoms with E-state index in [1.165, 1.54) is 20.8 Å². The highest BCUT2D eigenvalue weighted by Gasteiger charge is 2.62. The van der Waals surface area contributed by atoms with Crippen molar-refractivity contribution >= 4 is 51.7 Å². The number of allylic oxidation sites excluding steroid dienone is 2. The topological polar surface area (TPSA) is 71.5 Å². The lowest BCUT2D eigenvalue weighted by Crippen LogP contribution is -2.53. The van der Waals surface area contributed by atoms with E-state index in [0.717, 1.165) is 0 Å². The average molecular weight is 337 g/mol. The number of rotatable bonds is 5. The van der Waals surface area contributed by atoms with Gasteiger partial charge < -0.3 is 0 Å². The number of Topliss-reactive ketones (excluding diaryl/α,β-unsaturated/α-hetero) is 2. The highest BCUT2D eigenvalue weighted by atomic mass is 32.2. The number of thioether (sulfide) groups is 1. The second-order valence-electron chi connectivity index (χ2n) is 4.99. The predicted molar refractivity (Wildman–Crippen MR) is 89.2 cm³/mol. The molecule has 0 unspecified atom stereocenters. The maximum absolute atomic E-state index is 12.7. The van der Waals surface area contributed by atoms with Gasteiger partial charge in [-0.25, -0.2) is 4.90 Å². The second kappa shape index (κ2) is 6.10. The number of ketones is 2. The Balaban J connectivity index is 3.56. The molecule has 116 valence electrons. The number of hydrogen-bond donors (Lipinski definition) is 0. The number of carbonyl (C=O) groups is 4. The van der Waals surface area contributed by atoms with Crippen LogP contribution in [0.1, 0.15) is 20.8 Å². The molecule has 1 saturated heterocycles. The summed E-state index contributed by atoms with van der Waals surface area (Å²) >= 11 is 5.59. The SMILES string of the molecule is C=C(C)C(=O)N1C(=O)C(C(=O)C(=C)C)(C(=O)C(=C)C)SC1=S. The maximum Gasteiger partial charge on any atom is 0.267 e. The molecular formula is C15H15NO4S2. The zero-order valence-electron chi connectivity index (χ0n) is 12.5. The molecule has 5 nitrogen and oxygen atoms in total. The number of hydrogen-bond acceptors (Lipinski definition) is 6. The third-order valence-corrected chi connectivity index (χ3v) is 4.55. The Hall–Kier alpha value is -1.86. The summed E-state index contributed by atoms with van der Waals surface area (Å²) in [6, 6.07) is 0. The van der Waals surface area contributed by atoms with Crippen LogP contribution in [0.25, 0.3) is 0 Å². The first-order chi connectivity index (χ1) is 9.98. The van der Waals surface area contributed by atoms with Gasteiger partial charge in [0.25, 0.3) is 11.8 Å². The van der Waals surface area contributed by atoms with Crippen molar-refractivity contribution in [1.29, 1.82) is 0 Å². The quantitative estimate of drug-likeness (QED) is 0.434. The van der Waals surface area contributed by atoms with Gasteiger partial charge in [0, 0.05) is 5.57 Å². The van der Waals surface area contributed by atoms with Crippen molar-refractivity contribution in [1.82, 2.24) is 4.90 Å². The van der Waals surface area contributed by atoms with Crippen LogP contribution in [0.15, 0.2) is 36.5 Å². The van der Waals surface area contributed by atoms with E-state index < -0.39 is 28.1 Å². The molecule has 0 aromatic carbocycles. The van der Waals surface area contributed by atoms with Crippen molar-refractivity contribution < 1.29 is 19.2 Å². The first kappa shape index (κ1) is 18.2. The molecule has 0 aliphatic carbocycles. The predicted octanol–water partition coefficient (Wildman–Crippen LogP) is 1.98. The van der Waals surface area contributed by atoms with E-state index >= 15 is 0 Å². The van der Waals surface area contributed by atoms with Gasteiger partial charge in [0.05, 0.1) is 0 Å². The molecule has 1 aliphatic heterocycles. The molecule has 0 N–H and O–H groups in total. The fourth-order valence-electron chi connectivity index (χ4n) is 1.82. The van der Waals surface area contributed by atoms with E-state index in [1.807, 2.05) is 0 Å². The molecule has 1 aliphatic rings. The smallest absolute Gasteiger partial charge is 0.267 e. The summed E-state index contributed by atoms with van der Waals surface area (Å²) in [6.07, 6.45) is 0. The van der Waals surface area contributed by atoms with Gasteiger partial charge in [0.15, 0.2) is 15.9 Å². The van der Waals surface area contributed by atoms with Gasteiger partial charge >= 0.3 is 0 Å². The van der Waals surface area contributed by atoms with Crippen LogP contribution in [0.5, 0.6) is 0 Å². The standard InChI is InChI=1S/C15H15NO4S2/c1-7(2)10(17)15(11(18)8(3)4)13(20)16(14(21)22-15)12(19)9(5)6/h1,3,5H2,2,4,6H3. The Morgan fingerprint density at radius 3 is 1.73 bits per heavy atom. The van der Waals surface area contributed by atoms with Crippen molar-refractivity contribution in [3.05, 3.63) is 36.5 Å². The summed E-state index contributed by atoms with van der Waals surface area (Å²) in [6.45, 7) is 14.6. The van der Waals surface area contributed by atoms with E-state index in [0.29, 0.717) is 16.7 Å². The van der Waals surface area contributed by atoms with Crippen LogP contribution in [0, 0.1) is 0 Å². The van der Waals surface area contributed by atoms with Gasteiger partial charge in [-0.05, 0) is 31.9 Å². The largest absolute Gasteiger partial charge is 0.292 e. The van der Waals surface area contributed by atoms with E-state index in [4.69, 9.17) is 12.2 Å². The Labute approximate surface area is 138 Å². The van der Waals surface area contributed by atoms with E-state index in [1.54, 1.807) is 0 Å². The molecule has 1 fully saturated rings. The molecule has 7 heteroatoms. The summed E-state index contributed by atoms with van der Waals surface area (Å²) in [7, 11) is 0. The molecule has 0 radical (unpaired) electrons. The Bertz CT molecular complexity index is 649. The zero-order chi connectivity index (χ0) is 17.4. The number of amides is 2. The minimum atomic E-state index is -2.15. The van der Waals surface area contributed by atoms with Crippen LogP contribution in [0.2, 0.25) is 0 Å². The Morgan fingerprint density at radius 2 is 1.41 bits per heavy atom. The fraction of sp³-hybridized carbons (Fsp3) is 0.267. The van der Waals surface area contributed by atoms with Crippen LogP contribution < -0.4 is 0 Å². The van der Waals surface area contributed by atoms with E-state index in [2.05, 4.69) is 19.7 Å².